The summed E-state index contributed by atoms with van der Waals surface area (Å²) in [6.45, 7) is 11.5. The molecule has 3 aromatic carbocycles. The second kappa shape index (κ2) is 18.6. The van der Waals surface area contributed by atoms with Crippen LogP contribution in [-0.4, -0.2) is 140 Å². The molecule has 0 radical (unpaired) electrons. The topological polar surface area (TPSA) is 168 Å². The lowest BCUT2D eigenvalue weighted by Gasteiger charge is -2.40. The Balaban J connectivity index is 0.725. The minimum atomic E-state index is -0.968. The summed E-state index contributed by atoms with van der Waals surface area (Å²) in [5.41, 5.74) is 2.33. The van der Waals surface area contributed by atoms with Crippen molar-refractivity contribution in [2.45, 2.75) is 108 Å². The minimum absolute atomic E-state index is 0.00932. The van der Waals surface area contributed by atoms with E-state index in [-0.39, 0.29) is 52.9 Å². The summed E-state index contributed by atoms with van der Waals surface area (Å²) in [5, 5.41) is 25.7. The molecule has 15 nitrogen and oxygen atoms in total. The molecule has 6 aliphatic rings. The number of aryl methyl sites for hydroxylation is 1. The number of piperidine rings is 4. The average molecular weight is 958 g/mol. The number of carbonyl (C=O) groups excluding carboxylic acids is 3. The summed E-state index contributed by atoms with van der Waals surface area (Å²) in [6, 6.07) is 11.8. The number of ether oxygens (including phenoxy) is 1. The van der Waals surface area contributed by atoms with Crippen molar-refractivity contribution in [2.75, 3.05) is 68.7 Å². The Kier molecular flexibility index (Phi) is 12.3. The zero-order chi connectivity index (χ0) is 48.4. The lowest BCUT2D eigenvalue weighted by Crippen LogP contribution is -2.52. The summed E-state index contributed by atoms with van der Waals surface area (Å²) >= 11 is 0. The van der Waals surface area contributed by atoms with Crippen LogP contribution in [0.5, 0.6) is 11.8 Å². The van der Waals surface area contributed by atoms with Gasteiger partial charge in [0.25, 0.3) is 5.91 Å². The molecule has 368 valence electrons. The average Bonchev–Trinajstić information content (AvgIpc) is 3.95. The molecule has 8 heterocycles. The molecule has 2 unspecified atom stereocenters. The van der Waals surface area contributed by atoms with E-state index >= 15 is 8.78 Å². The SMILES string of the molecule is CCc1c(F)ccc2cc(O)cc(-c3ncc4c(N5CCC[C@@](C)(O)C5)nc(OC5CCN(C6CCN(CC7CCN(c8ccc9c(c8)CN(C8CCC(=O)NC8=O)C9=O)CC7)CC6)C5)nc4c3F)c12. The molecular formula is C53H61F2N9O6. The van der Waals surface area contributed by atoms with Gasteiger partial charge in [-0.15, -0.1) is 0 Å². The van der Waals surface area contributed by atoms with Gasteiger partial charge in [-0.2, -0.15) is 9.97 Å². The van der Waals surface area contributed by atoms with Gasteiger partial charge in [0.05, 0.1) is 11.0 Å². The van der Waals surface area contributed by atoms with Gasteiger partial charge in [0.15, 0.2) is 5.82 Å². The van der Waals surface area contributed by atoms with Crippen molar-refractivity contribution in [2.24, 2.45) is 5.92 Å². The van der Waals surface area contributed by atoms with E-state index in [2.05, 4.69) is 31.1 Å². The van der Waals surface area contributed by atoms with E-state index in [4.69, 9.17) is 14.7 Å². The molecule has 5 aromatic rings. The number of likely N-dealkylation sites (tertiary alicyclic amines) is 2. The largest absolute Gasteiger partial charge is 0.508 e. The number of imide groups is 1. The van der Waals surface area contributed by atoms with Gasteiger partial charge in [-0.25, -0.2) is 8.78 Å². The molecule has 5 fully saturated rings. The van der Waals surface area contributed by atoms with E-state index in [9.17, 15) is 24.6 Å². The summed E-state index contributed by atoms with van der Waals surface area (Å²) in [6.07, 6.45) is 8.71. The van der Waals surface area contributed by atoms with Gasteiger partial charge in [0, 0.05) is 87.8 Å². The summed E-state index contributed by atoms with van der Waals surface area (Å²) in [7, 11) is 0. The second-order valence-corrected chi connectivity index (χ2v) is 20.7. The lowest BCUT2D eigenvalue weighted by molar-refractivity contribution is -0.136. The number of phenols is 1. The molecule has 2 aromatic heterocycles. The number of aromatic nitrogens is 3. The Morgan fingerprint density at radius 1 is 0.900 bits per heavy atom. The van der Waals surface area contributed by atoms with E-state index < -0.39 is 29.2 Å². The monoisotopic (exact) mass is 957 g/mol. The predicted molar refractivity (Wildman–Crippen MR) is 261 cm³/mol. The first kappa shape index (κ1) is 46.3. The van der Waals surface area contributed by atoms with Gasteiger partial charge in [0.2, 0.25) is 11.8 Å². The number of aromatic hydroxyl groups is 1. The van der Waals surface area contributed by atoms with Crippen molar-refractivity contribution in [3.8, 4) is 23.0 Å². The van der Waals surface area contributed by atoms with Gasteiger partial charge in [-0.05, 0) is 142 Å². The van der Waals surface area contributed by atoms with Crippen molar-refractivity contribution in [1.29, 1.82) is 0 Å². The standard InChI is InChI=1S/C53H61F2N9O6/c1-3-38-42(54)8-5-32-24-36(65)25-40(45(32)38)47-46(55)48-41(26-56-47)49(63-17-4-16-53(2,69)30-63)59-52(58-48)70-37-15-22-62(29-37)34-13-18-60(19-14-34)27-31-11-20-61(21-12-31)35-6-7-39-33(23-35)28-64(51(39)68)43-9-10-44(66)57-50(43)67/h5-8,23-26,31,34,37,43,65,69H,3-4,9-22,27-30H2,1-2H3,(H,57,66,67)/t37?,43?,53-/m1/s1. The Hall–Kier alpha value is -6.04. The van der Waals surface area contributed by atoms with Crippen LogP contribution in [-0.2, 0) is 22.6 Å². The van der Waals surface area contributed by atoms with Gasteiger partial charge < -0.3 is 34.5 Å². The van der Waals surface area contributed by atoms with Gasteiger partial charge in [-0.3, -0.25) is 29.6 Å². The highest BCUT2D eigenvalue weighted by molar-refractivity contribution is 6.06. The van der Waals surface area contributed by atoms with Crippen LogP contribution >= 0.6 is 0 Å². The highest BCUT2D eigenvalue weighted by Crippen LogP contribution is 2.40. The molecule has 11 rings (SSSR count). The quantitative estimate of drug-likeness (QED) is 0.133. The molecule has 0 spiro atoms. The number of anilines is 2. The lowest BCUT2D eigenvalue weighted by atomic mass is 9.94. The van der Waals surface area contributed by atoms with Gasteiger partial charge >= 0.3 is 6.01 Å². The van der Waals surface area contributed by atoms with Crippen LogP contribution in [0.3, 0.4) is 0 Å². The van der Waals surface area contributed by atoms with Crippen LogP contribution in [0, 0.1) is 17.6 Å². The number of rotatable bonds is 10. The zero-order valence-electron chi connectivity index (χ0n) is 39.9. The molecule has 3 amide bonds. The number of hydrogen-bond donors (Lipinski definition) is 3. The van der Waals surface area contributed by atoms with Crippen molar-refractivity contribution in [3.05, 3.63) is 77.0 Å². The smallest absolute Gasteiger partial charge is 0.319 e. The Bertz CT molecular complexity index is 2880. The van der Waals surface area contributed by atoms with Crippen molar-refractivity contribution in [3.63, 3.8) is 0 Å². The Labute approximate surface area is 405 Å². The van der Waals surface area contributed by atoms with E-state index in [1.165, 1.54) is 24.4 Å². The van der Waals surface area contributed by atoms with Crippen LogP contribution in [0.2, 0.25) is 0 Å². The number of pyridine rings is 1. The number of phenolic OH excluding ortho intramolecular Hbond substituents is 1. The number of hydrogen-bond acceptors (Lipinski definition) is 13. The maximum Gasteiger partial charge on any atom is 0.319 e. The fourth-order valence-corrected chi connectivity index (χ4v) is 12.2. The molecule has 17 heteroatoms. The molecule has 6 aliphatic heterocycles. The number of β-amino-alcohol motifs (C(OH)–C–C–N with tert-alkyl or cyclic N) is 1. The number of fused-ring (bicyclic) bond motifs is 3. The van der Waals surface area contributed by atoms with E-state index in [1.807, 2.05) is 24.0 Å². The molecule has 0 bridgehead atoms. The number of aliphatic hydroxyl groups is 1. The van der Waals surface area contributed by atoms with E-state index in [0.717, 1.165) is 89.0 Å². The maximum absolute atomic E-state index is 17.2. The second-order valence-electron chi connectivity index (χ2n) is 20.7. The van der Waals surface area contributed by atoms with Crippen LogP contribution in [0.25, 0.3) is 32.9 Å². The first-order valence-corrected chi connectivity index (χ1v) is 25.2. The molecule has 0 aliphatic carbocycles. The van der Waals surface area contributed by atoms with Gasteiger partial charge in [-0.1, -0.05) is 13.0 Å². The highest BCUT2D eigenvalue weighted by atomic mass is 19.1. The molecule has 0 saturated carbocycles. The number of carbonyl (C=O) groups is 3. The molecule has 70 heavy (non-hydrogen) atoms. The van der Waals surface area contributed by atoms with Crippen molar-refractivity contribution < 1.29 is 38.1 Å². The predicted octanol–water partition coefficient (Wildman–Crippen LogP) is 6.34. The molecule has 3 atom stereocenters. The Morgan fingerprint density at radius 2 is 1.71 bits per heavy atom. The number of halogens is 2. The van der Waals surface area contributed by atoms with E-state index in [0.29, 0.717) is 90.5 Å². The van der Waals surface area contributed by atoms with Crippen LogP contribution < -0.4 is 19.9 Å². The van der Waals surface area contributed by atoms with Gasteiger partial charge in [0.1, 0.15) is 40.7 Å². The number of amides is 3. The third-order valence-corrected chi connectivity index (χ3v) is 15.9. The third kappa shape index (κ3) is 8.89. The molecular weight excluding hydrogens is 897 g/mol. The van der Waals surface area contributed by atoms with Crippen LogP contribution in [0.1, 0.15) is 93.1 Å². The maximum atomic E-state index is 17.2. The summed E-state index contributed by atoms with van der Waals surface area (Å²) in [4.78, 5) is 62.7. The number of nitrogens with zero attached hydrogens (tertiary/aromatic N) is 8. The minimum Gasteiger partial charge on any atom is -0.508 e. The molecule has 3 N–H and O–H groups in total. The van der Waals surface area contributed by atoms with Crippen molar-refractivity contribution in [1.82, 2.24) is 35.0 Å². The zero-order valence-corrected chi connectivity index (χ0v) is 39.9. The Morgan fingerprint density at radius 3 is 2.49 bits per heavy atom. The summed E-state index contributed by atoms with van der Waals surface area (Å²) < 4.78 is 38.9. The first-order chi connectivity index (χ1) is 33.8. The number of benzene rings is 3. The highest BCUT2D eigenvalue weighted by Gasteiger charge is 2.40. The van der Waals surface area contributed by atoms with Crippen molar-refractivity contribution >= 4 is 50.9 Å². The fraction of sp³-hybridized carbons (Fsp3) is 0.509. The summed E-state index contributed by atoms with van der Waals surface area (Å²) in [5.74, 6) is -1.02. The van der Waals surface area contributed by atoms with Crippen LogP contribution in [0.15, 0.2) is 48.7 Å². The fourth-order valence-electron chi connectivity index (χ4n) is 12.2. The first-order valence-electron chi connectivity index (χ1n) is 25.2. The molecule has 5 saturated heterocycles. The van der Waals surface area contributed by atoms with E-state index in [1.54, 1.807) is 17.9 Å². The normalized spacial score (nSPS) is 24.3. The number of nitrogens with one attached hydrogen (secondary N) is 1. The third-order valence-electron chi connectivity index (χ3n) is 15.9. The van der Waals surface area contributed by atoms with Crippen LogP contribution in [0.4, 0.5) is 20.3 Å².